The van der Waals surface area contributed by atoms with Gasteiger partial charge in [-0.3, -0.25) is 9.59 Å². The number of aromatic nitrogens is 1. The Labute approximate surface area is 155 Å². The van der Waals surface area contributed by atoms with Crippen molar-refractivity contribution >= 4 is 40.6 Å². The van der Waals surface area contributed by atoms with Crippen LogP contribution in [0, 0.1) is 6.92 Å². The van der Waals surface area contributed by atoms with E-state index in [4.69, 9.17) is 0 Å². The molecule has 2 N–H and O–H groups in total. The summed E-state index contributed by atoms with van der Waals surface area (Å²) in [7, 11) is 0. The number of hydrogen-bond donors (Lipinski definition) is 2. The van der Waals surface area contributed by atoms with Crippen LogP contribution in [0.1, 0.15) is 30.0 Å². The first kappa shape index (κ1) is 17.9. The first-order chi connectivity index (χ1) is 12.1. The number of carbonyl (C=O) groups is 2. The number of nitrogens with zero attached hydrogens (tertiary/aromatic N) is 1. The summed E-state index contributed by atoms with van der Waals surface area (Å²) in [5, 5.41) is 8.62. The Bertz CT molecular complexity index is 760. The van der Waals surface area contributed by atoms with Crippen LogP contribution >= 0.6 is 23.1 Å². The van der Waals surface area contributed by atoms with E-state index in [-0.39, 0.29) is 23.5 Å². The number of amides is 2. The van der Waals surface area contributed by atoms with E-state index in [2.05, 4.69) is 21.0 Å². The predicted molar refractivity (Wildman–Crippen MR) is 102 cm³/mol. The number of benzene rings is 1. The Hall–Kier alpha value is -1.86. The minimum absolute atomic E-state index is 0.0721. The Morgan fingerprint density at radius 3 is 2.96 bits per heavy atom. The molecule has 2 heterocycles. The quantitative estimate of drug-likeness (QED) is 0.728. The van der Waals surface area contributed by atoms with Gasteiger partial charge in [0.1, 0.15) is 0 Å². The fraction of sp³-hybridized carbons (Fsp3) is 0.389. The van der Waals surface area contributed by atoms with Gasteiger partial charge in [-0.1, -0.05) is 12.1 Å². The Kier molecular flexibility index (Phi) is 6.09. The maximum atomic E-state index is 12.1. The zero-order valence-corrected chi connectivity index (χ0v) is 15.7. The second-order valence-corrected chi connectivity index (χ2v) is 8.17. The van der Waals surface area contributed by atoms with Crippen LogP contribution in [0.4, 0.5) is 5.69 Å². The molecule has 1 aliphatic rings. The molecule has 0 spiro atoms. The predicted octanol–water partition coefficient (Wildman–Crippen LogP) is 3.39. The summed E-state index contributed by atoms with van der Waals surface area (Å²) in [6, 6.07) is 7.66. The molecule has 1 unspecified atom stereocenters. The average Bonchev–Trinajstić information content (AvgIpc) is 3.00. The summed E-state index contributed by atoms with van der Waals surface area (Å²) in [6.07, 6.45) is 3.07. The SMILES string of the molecule is Cc1csc(CCCCNC(=O)CC2Sc3ccccc3NC2=O)n1. The lowest BCUT2D eigenvalue weighted by Crippen LogP contribution is -2.35. The summed E-state index contributed by atoms with van der Waals surface area (Å²) in [5.41, 5.74) is 1.89. The molecule has 7 heteroatoms. The van der Waals surface area contributed by atoms with Crippen LogP contribution in [0.2, 0.25) is 0 Å². The number of rotatable bonds is 7. The molecule has 0 radical (unpaired) electrons. The average molecular weight is 376 g/mol. The summed E-state index contributed by atoms with van der Waals surface area (Å²) in [4.78, 5) is 29.6. The zero-order chi connectivity index (χ0) is 17.6. The first-order valence-electron chi connectivity index (χ1n) is 8.36. The summed E-state index contributed by atoms with van der Waals surface area (Å²) >= 11 is 3.14. The normalized spacial score (nSPS) is 16.2. The summed E-state index contributed by atoms with van der Waals surface area (Å²) in [6.45, 7) is 2.64. The van der Waals surface area contributed by atoms with Crippen LogP contribution in [0.15, 0.2) is 34.5 Å². The van der Waals surface area contributed by atoms with E-state index in [9.17, 15) is 9.59 Å². The second-order valence-electron chi connectivity index (χ2n) is 5.99. The third kappa shape index (κ3) is 5.06. The number of para-hydroxylation sites is 1. The molecule has 2 amide bonds. The van der Waals surface area contributed by atoms with Crippen LogP contribution in [-0.4, -0.2) is 28.6 Å². The maximum absolute atomic E-state index is 12.1. The highest BCUT2D eigenvalue weighted by Crippen LogP contribution is 2.36. The molecule has 0 fully saturated rings. The Morgan fingerprint density at radius 2 is 2.16 bits per heavy atom. The molecule has 1 atom stereocenters. The van der Waals surface area contributed by atoms with Gasteiger partial charge in [-0.15, -0.1) is 23.1 Å². The van der Waals surface area contributed by atoms with Crippen LogP contribution in [-0.2, 0) is 16.0 Å². The molecule has 2 aromatic rings. The van der Waals surface area contributed by atoms with Gasteiger partial charge in [-0.25, -0.2) is 4.98 Å². The van der Waals surface area contributed by atoms with Crippen LogP contribution < -0.4 is 10.6 Å². The Morgan fingerprint density at radius 1 is 1.32 bits per heavy atom. The minimum Gasteiger partial charge on any atom is -0.356 e. The molecule has 1 aromatic carbocycles. The van der Waals surface area contributed by atoms with E-state index >= 15 is 0 Å². The Balaban J connectivity index is 1.37. The molecule has 132 valence electrons. The van der Waals surface area contributed by atoms with Crippen molar-refractivity contribution < 1.29 is 9.59 Å². The highest BCUT2D eigenvalue weighted by Gasteiger charge is 2.28. The highest BCUT2D eigenvalue weighted by molar-refractivity contribution is 8.01. The minimum atomic E-state index is -0.367. The standard InChI is InChI=1S/C18H21N3O2S2/c1-12-11-24-17(20-12)8-4-5-9-19-16(22)10-15-18(23)21-13-6-2-3-7-14(13)25-15/h2-3,6-7,11,15H,4-5,8-10H2,1H3,(H,19,22)(H,21,23). The molecule has 3 rings (SSSR count). The van der Waals surface area contributed by atoms with Crippen LogP contribution in [0.3, 0.4) is 0 Å². The maximum Gasteiger partial charge on any atom is 0.238 e. The summed E-state index contributed by atoms with van der Waals surface area (Å²) in [5.74, 6) is -0.171. The molecule has 0 bridgehead atoms. The molecular formula is C18H21N3O2S2. The van der Waals surface area contributed by atoms with Gasteiger partial charge in [0, 0.05) is 28.9 Å². The van der Waals surface area contributed by atoms with Crippen LogP contribution in [0.25, 0.3) is 0 Å². The fourth-order valence-electron chi connectivity index (χ4n) is 2.61. The smallest absolute Gasteiger partial charge is 0.238 e. The van der Waals surface area contributed by atoms with Crippen molar-refractivity contribution in [1.82, 2.24) is 10.3 Å². The van der Waals surface area contributed by atoms with Crippen molar-refractivity contribution in [3.05, 3.63) is 40.3 Å². The first-order valence-corrected chi connectivity index (χ1v) is 10.1. The van der Waals surface area contributed by atoms with Crippen molar-refractivity contribution in [2.45, 2.75) is 42.8 Å². The van der Waals surface area contributed by atoms with Gasteiger partial charge in [0.15, 0.2) is 0 Å². The van der Waals surface area contributed by atoms with E-state index < -0.39 is 0 Å². The largest absolute Gasteiger partial charge is 0.356 e. The van der Waals surface area contributed by atoms with Gasteiger partial charge < -0.3 is 10.6 Å². The molecule has 0 aliphatic carbocycles. The van der Waals surface area contributed by atoms with E-state index in [0.29, 0.717) is 6.54 Å². The number of aryl methyl sites for hydroxylation is 2. The molecular weight excluding hydrogens is 354 g/mol. The number of carbonyl (C=O) groups excluding carboxylic acids is 2. The van der Waals surface area contributed by atoms with Gasteiger partial charge in [0.25, 0.3) is 0 Å². The molecule has 25 heavy (non-hydrogen) atoms. The van der Waals surface area contributed by atoms with Gasteiger partial charge in [-0.05, 0) is 38.3 Å². The number of fused-ring (bicyclic) bond motifs is 1. The van der Waals surface area contributed by atoms with Crippen molar-refractivity contribution in [1.29, 1.82) is 0 Å². The number of thioether (sulfide) groups is 1. The van der Waals surface area contributed by atoms with Gasteiger partial charge >= 0.3 is 0 Å². The van der Waals surface area contributed by atoms with E-state index in [1.54, 1.807) is 11.3 Å². The third-order valence-corrected chi connectivity index (χ3v) is 6.19. The van der Waals surface area contributed by atoms with Crippen molar-refractivity contribution in [2.24, 2.45) is 0 Å². The number of thiazole rings is 1. The lowest BCUT2D eigenvalue weighted by molar-refractivity contribution is -0.124. The molecule has 0 saturated carbocycles. The van der Waals surface area contributed by atoms with Gasteiger partial charge in [-0.2, -0.15) is 0 Å². The molecule has 5 nitrogen and oxygen atoms in total. The van der Waals surface area contributed by atoms with Crippen molar-refractivity contribution in [3.8, 4) is 0 Å². The molecule has 0 saturated heterocycles. The van der Waals surface area contributed by atoms with Crippen LogP contribution in [0.5, 0.6) is 0 Å². The number of hydrogen-bond acceptors (Lipinski definition) is 5. The third-order valence-electron chi connectivity index (χ3n) is 3.88. The summed E-state index contributed by atoms with van der Waals surface area (Å²) < 4.78 is 0. The van der Waals surface area contributed by atoms with E-state index in [1.165, 1.54) is 11.8 Å². The second kappa shape index (κ2) is 8.49. The van der Waals surface area contributed by atoms with E-state index in [0.717, 1.165) is 40.5 Å². The zero-order valence-electron chi connectivity index (χ0n) is 14.1. The number of nitrogens with one attached hydrogen (secondary N) is 2. The number of anilines is 1. The topological polar surface area (TPSA) is 71.1 Å². The van der Waals surface area contributed by atoms with Gasteiger partial charge in [0.2, 0.25) is 11.8 Å². The number of unbranched alkanes of at least 4 members (excludes halogenated alkanes) is 1. The lowest BCUT2D eigenvalue weighted by Gasteiger charge is -2.23. The van der Waals surface area contributed by atoms with E-state index in [1.807, 2.05) is 31.2 Å². The molecule has 1 aromatic heterocycles. The molecule has 1 aliphatic heterocycles. The lowest BCUT2D eigenvalue weighted by atomic mass is 10.2. The van der Waals surface area contributed by atoms with Crippen molar-refractivity contribution in [3.63, 3.8) is 0 Å². The van der Waals surface area contributed by atoms with Gasteiger partial charge in [0.05, 0.1) is 15.9 Å². The highest BCUT2D eigenvalue weighted by atomic mass is 32.2. The monoisotopic (exact) mass is 375 g/mol. The van der Waals surface area contributed by atoms with Crippen molar-refractivity contribution in [2.75, 3.05) is 11.9 Å². The fourth-order valence-corrected chi connectivity index (χ4v) is 4.54.